The van der Waals surface area contributed by atoms with Crippen LogP contribution in [0, 0.1) is 17.2 Å². The fourth-order valence-corrected chi connectivity index (χ4v) is 2.70. The molecule has 0 amide bonds. The molecular formula is C13H19N3OS. The molecule has 0 spiro atoms. The number of hydrogen-bond donors (Lipinski definition) is 2. The monoisotopic (exact) mass is 265 g/mol. The second-order valence-electron chi connectivity index (χ2n) is 4.63. The predicted molar refractivity (Wildman–Crippen MR) is 76.0 cm³/mol. The van der Waals surface area contributed by atoms with Gasteiger partial charge < -0.3 is 11.1 Å². The molecule has 0 bridgehead atoms. The van der Waals surface area contributed by atoms with Gasteiger partial charge in [0, 0.05) is 12.0 Å². The number of Topliss-reactive ketones (excluding diaryl/α,β-unsaturated/α-hetero) is 1. The third kappa shape index (κ3) is 2.82. The number of rotatable bonds is 5. The normalized spacial score (nSPS) is 12.2. The van der Waals surface area contributed by atoms with Gasteiger partial charge in [0.1, 0.15) is 16.6 Å². The van der Waals surface area contributed by atoms with E-state index in [1.165, 1.54) is 11.3 Å². The number of thiophene rings is 1. The Morgan fingerprint density at radius 3 is 2.56 bits per heavy atom. The third-order valence-corrected chi connectivity index (χ3v) is 3.95. The van der Waals surface area contributed by atoms with Gasteiger partial charge >= 0.3 is 0 Å². The van der Waals surface area contributed by atoms with Crippen LogP contribution in [0.3, 0.4) is 0 Å². The summed E-state index contributed by atoms with van der Waals surface area (Å²) in [6.07, 6.45) is 0.941. The lowest BCUT2D eigenvalue weighted by molar-refractivity contribution is 0.0944. The predicted octanol–water partition coefficient (Wildman–Crippen LogP) is 3.25. The number of hydrogen-bond acceptors (Lipinski definition) is 5. The highest BCUT2D eigenvalue weighted by Crippen LogP contribution is 2.37. The van der Waals surface area contributed by atoms with E-state index in [2.05, 4.69) is 18.3 Å². The SMILES string of the molecule is CCC(C)Nc1sc(C(=O)C(C)C)c(N)c1C#N. The summed E-state index contributed by atoms with van der Waals surface area (Å²) in [7, 11) is 0. The van der Waals surface area contributed by atoms with E-state index in [9.17, 15) is 4.79 Å². The molecule has 0 aliphatic heterocycles. The van der Waals surface area contributed by atoms with Crippen LogP contribution in [0.1, 0.15) is 49.4 Å². The van der Waals surface area contributed by atoms with Gasteiger partial charge in [-0.3, -0.25) is 4.79 Å². The van der Waals surface area contributed by atoms with Crippen molar-refractivity contribution in [2.24, 2.45) is 5.92 Å². The molecule has 4 nitrogen and oxygen atoms in total. The van der Waals surface area contributed by atoms with Crippen molar-refractivity contribution >= 4 is 27.8 Å². The van der Waals surface area contributed by atoms with E-state index in [1.54, 1.807) is 0 Å². The quantitative estimate of drug-likeness (QED) is 0.801. The molecule has 0 aromatic carbocycles. The summed E-state index contributed by atoms with van der Waals surface area (Å²) in [4.78, 5) is 12.5. The van der Waals surface area contributed by atoms with Crippen molar-refractivity contribution in [2.75, 3.05) is 11.1 Å². The van der Waals surface area contributed by atoms with Gasteiger partial charge in [-0.05, 0) is 13.3 Å². The van der Waals surface area contributed by atoms with Gasteiger partial charge in [0.15, 0.2) is 5.78 Å². The Balaban J connectivity index is 3.18. The van der Waals surface area contributed by atoms with Crippen LogP contribution in [0.15, 0.2) is 0 Å². The average molecular weight is 265 g/mol. The summed E-state index contributed by atoms with van der Waals surface area (Å²) < 4.78 is 0. The van der Waals surface area contributed by atoms with Crippen LogP contribution < -0.4 is 11.1 Å². The Labute approximate surface area is 112 Å². The van der Waals surface area contributed by atoms with Crippen molar-refractivity contribution in [3.8, 4) is 6.07 Å². The molecule has 0 saturated carbocycles. The van der Waals surface area contributed by atoms with Gasteiger partial charge in [0.2, 0.25) is 0 Å². The van der Waals surface area contributed by atoms with Gasteiger partial charge in [-0.25, -0.2) is 0 Å². The Kier molecular flexibility index (Phi) is 4.74. The summed E-state index contributed by atoms with van der Waals surface area (Å²) in [5, 5.41) is 13.1. The number of nitrogens with one attached hydrogen (secondary N) is 1. The first-order chi connectivity index (χ1) is 8.42. The largest absolute Gasteiger partial charge is 0.396 e. The van der Waals surface area contributed by atoms with Crippen LogP contribution in [0.25, 0.3) is 0 Å². The molecule has 0 aliphatic rings. The van der Waals surface area contributed by atoms with Crippen molar-refractivity contribution in [2.45, 2.75) is 40.2 Å². The first-order valence-electron chi connectivity index (χ1n) is 6.05. The van der Waals surface area contributed by atoms with Crippen LogP contribution >= 0.6 is 11.3 Å². The number of ketones is 1. The number of carbonyl (C=O) groups excluding carboxylic acids is 1. The molecule has 0 saturated heterocycles. The summed E-state index contributed by atoms with van der Waals surface area (Å²) >= 11 is 1.28. The summed E-state index contributed by atoms with van der Waals surface area (Å²) in [5.41, 5.74) is 6.60. The molecule has 1 aromatic rings. The number of nitrogens with zero attached hydrogens (tertiary/aromatic N) is 1. The molecular weight excluding hydrogens is 246 g/mol. The first kappa shape index (κ1) is 14.5. The molecule has 0 fully saturated rings. The number of carbonyl (C=O) groups is 1. The minimum atomic E-state index is -0.117. The van der Waals surface area contributed by atoms with E-state index in [4.69, 9.17) is 11.0 Å². The van der Waals surface area contributed by atoms with Gasteiger partial charge in [0.05, 0.1) is 10.6 Å². The number of anilines is 2. The lowest BCUT2D eigenvalue weighted by Crippen LogP contribution is -2.13. The highest BCUT2D eigenvalue weighted by molar-refractivity contribution is 7.19. The lowest BCUT2D eigenvalue weighted by atomic mass is 10.1. The highest BCUT2D eigenvalue weighted by Gasteiger charge is 2.23. The molecule has 18 heavy (non-hydrogen) atoms. The maximum Gasteiger partial charge on any atom is 0.177 e. The molecule has 5 heteroatoms. The zero-order chi connectivity index (χ0) is 13.9. The molecule has 0 radical (unpaired) electrons. The molecule has 1 heterocycles. The van der Waals surface area contributed by atoms with Crippen molar-refractivity contribution < 1.29 is 4.79 Å². The average Bonchev–Trinajstić information content (AvgIpc) is 2.64. The lowest BCUT2D eigenvalue weighted by Gasteiger charge is -2.10. The van der Waals surface area contributed by atoms with Crippen LogP contribution in [0.5, 0.6) is 0 Å². The molecule has 1 atom stereocenters. The Bertz CT molecular complexity index is 485. The summed E-state index contributed by atoms with van der Waals surface area (Å²) in [5.74, 6) is -0.125. The molecule has 98 valence electrons. The van der Waals surface area contributed by atoms with Crippen molar-refractivity contribution in [1.29, 1.82) is 5.26 Å². The van der Waals surface area contributed by atoms with Crippen LogP contribution in [-0.2, 0) is 0 Å². The molecule has 1 rings (SSSR count). The second-order valence-corrected chi connectivity index (χ2v) is 5.65. The fraction of sp³-hybridized carbons (Fsp3) is 0.538. The summed E-state index contributed by atoms with van der Waals surface area (Å²) in [6.45, 7) is 7.74. The Morgan fingerprint density at radius 1 is 1.50 bits per heavy atom. The van der Waals surface area contributed by atoms with Gasteiger partial charge in [-0.2, -0.15) is 5.26 Å². The van der Waals surface area contributed by atoms with Crippen molar-refractivity contribution in [3.63, 3.8) is 0 Å². The van der Waals surface area contributed by atoms with Crippen molar-refractivity contribution in [1.82, 2.24) is 0 Å². The van der Waals surface area contributed by atoms with Crippen LogP contribution in [-0.4, -0.2) is 11.8 Å². The molecule has 1 aromatic heterocycles. The van der Waals surface area contributed by atoms with E-state index < -0.39 is 0 Å². The Morgan fingerprint density at radius 2 is 2.11 bits per heavy atom. The standard InChI is InChI=1S/C13H19N3OS/c1-5-8(4)16-13-9(6-14)10(15)12(18-13)11(17)7(2)3/h7-8,16H,5,15H2,1-4H3. The van der Waals surface area contributed by atoms with E-state index in [0.29, 0.717) is 21.1 Å². The van der Waals surface area contributed by atoms with Gasteiger partial charge in [-0.15, -0.1) is 11.3 Å². The molecule has 0 aliphatic carbocycles. The van der Waals surface area contributed by atoms with E-state index in [1.807, 2.05) is 20.8 Å². The molecule has 3 N–H and O–H groups in total. The molecule has 1 unspecified atom stereocenters. The number of nitriles is 1. The smallest absolute Gasteiger partial charge is 0.177 e. The minimum absolute atomic E-state index is 0.00815. The van der Waals surface area contributed by atoms with Crippen LogP contribution in [0.2, 0.25) is 0 Å². The third-order valence-electron chi connectivity index (χ3n) is 2.79. The van der Waals surface area contributed by atoms with E-state index >= 15 is 0 Å². The summed E-state index contributed by atoms with van der Waals surface area (Å²) in [6, 6.07) is 2.33. The Hall–Kier alpha value is -1.54. The zero-order valence-corrected chi connectivity index (χ0v) is 12.0. The number of nitrogen functional groups attached to an aromatic ring is 1. The van der Waals surface area contributed by atoms with E-state index in [0.717, 1.165) is 6.42 Å². The van der Waals surface area contributed by atoms with Crippen molar-refractivity contribution in [3.05, 3.63) is 10.4 Å². The highest BCUT2D eigenvalue weighted by atomic mass is 32.1. The fourth-order valence-electron chi connectivity index (χ4n) is 1.43. The zero-order valence-electron chi connectivity index (χ0n) is 11.2. The topological polar surface area (TPSA) is 78.9 Å². The van der Waals surface area contributed by atoms with Gasteiger partial charge in [-0.1, -0.05) is 20.8 Å². The number of nitrogens with two attached hydrogens (primary N) is 1. The van der Waals surface area contributed by atoms with Gasteiger partial charge in [0.25, 0.3) is 0 Å². The maximum absolute atomic E-state index is 12.0. The minimum Gasteiger partial charge on any atom is -0.396 e. The first-order valence-corrected chi connectivity index (χ1v) is 6.87. The second kappa shape index (κ2) is 5.87. The van der Waals surface area contributed by atoms with E-state index in [-0.39, 0.29) is 17.7 Å². The maximum atomic E-state index is 12.0. The van der Waals surface area contributed by atoms with Crippen LogP contribution in [0.4, 0.5) is 10.7 Å².